The Morgan fingerprint density at radius 1 is 1.41 bits per heavy atom. The lowest BCUT2D eigenvalue weighted by atomic mass is 10.3. The van der Waals surface area contributed by atoms with Crippen LogP contribution < -0.4 is 0 Å². The van der Waals surface area contributed by atoms with Crippen molar-refractivity contribution in [3.8, 4) is 0 Å². The van der Waals surface area contributed by atoms with Gasteiger partial charge in [0, 0.05) is 0 Å². The van der Waals surface area contributed by atoms with Gasteiger partial charge in [0.15, 0.2) is 0 Å². The fraction of sp³-hybridized carbons (Fsp3) is 0.417. The van der Waals surface area contributed by atoms with Gasteiger partial charge < -0.3 is 4.74 Å². The standard InChI is InChI=1S/C12H15ClO3S/c1-3-10(12(14)16-4-2)17(15)11-8-6-5-7-9(11)13/h5-8,10H,3-4H2,1-2H3. The molecule has 0 spiro atoms. The second-order valence-corrected chi connectivity index (χ2v) is 5.39. The second kappa shape index (κ2) is 6.77. The van der Waals surface area contributed by atoms with E-state index in [9.17, 15) is 9.00 Å². The van der Waals surface area contributed by atoms with Gasteiger partial charge in [-0.25, -0.2) is 0 Å². The molecule has 0 aromatic heterocycles. The molecule has 0 aliphatic rings. The highest BCUT2D eigenvalue weighted by Gasteiger charge is 2.26. The smallest absolute Gasteiger partial charge is 0.322 e. The van der Waals surface area contributed by atoms with Crippen LogP contribution in [0.4, 0.5) is 0 Å². The predicted octanol–water partition coefficient (Wildman–Crippen LogP) is 2.79. The molecule has 1 aromatic rings. The summed E-state index contributed by atoms with van der Waals surface area (Å²) < 4.78 is 17.1. The van der Waals surface area contributed by atoms with E-state index in [1.165, 1.54) is 0 Å². The minimum absolute atomic E-state index is 0.287. The van der Waals surface area contributed by atoms with E-state index in [1.807, 2.05) is 0 Å². The molecule has 1 rings (SSSR count). The van der Waals surface area contributed by atoms with Crippen molar-refractivity contribution in [3.05, 3.63) is 29.3 Å². The molecule has 0 saturated heterocycles. The zero-order chi connectivity index (χ0) is 12.8. The number of hydrogen-bond acceptors (Lipinski definition) is 3. The Bertz CT molecular complexity index is 420. The zero-order valence-electron chi connectivity index (χ0n) is 9.81. The maximum absolute atomic E-state index is 12.2. The first-order chi connectivity index (χ1) is 8.11. The van der Waals surface area contributed by atoms with E-state index in [1.54, 1.807) is 38.1 Å². The van der Waals surface area contributed by atoms with E-state index in [0.29, 0.717) is 16.3 Å². The fourth-order valence-corrected chi connectivity index (χ4v) is 3.09. The van der Waals surface area contributed by atoms with Gasteiger partial charge in [-0.05, 0) is 25.5 Å². The topological polar surface area (TPSA) is 43.4 Å². The normalized spacial score (nSPS) is 14.1. The van der Waals surface area contributed by atoms with Crippen LogP contribution in [0, 0.1) is 0 Å². The van der Waals surface area contributed by atoms with Crippen molar-refractivity contribution in [3.63, 3.8) is 0 Å². The van der Waals surface area contributed by atoms with Crippen LogP contribution in [-0.4, -0.2) is 22.0 Å². The van der Waals surface area contributed by atoms with E-state index >= 15 is 0 Å². The molecule has 1 aromatic carbocycles. The van der Waals surface area contributed by atoms with Crippen LogP contribution in [0.25, 0.3) is 0 Å². The highest BCUT2D eigenvalue weighted by molar-refractivity contribution is 7.86. The van der Waals surface area contributed by atoms with E-state index in [4.69, 9.17) is 16.3 Å². The fourth-order valence-electron chi connectivity index (χ4n) is 1.40. The molecule has 0 N–H and O–H groups in total. The molecular weight excluding hydrogens is 260 g/mol. The van der Waals surface area contributed by atoms with Gasteiger partial charge in [0.2, 0.25) is 0 Å². The molecule has 0 aliphatic heterocycles. The summed E-state index contributed by atoms with van der Waals surface area (Å²) >= 11 is 5.96. The highest BCUT2D eigenvalue weighted by Crippen LogP contribution is 2.23. The first-order valence-electron chi connectivity index (χ1n) is 5.43. The Labute approximate surface area is 109 Å². The van der Waals surface area contributed by atoms with Crippen LogP contribution in [-0.2, 0) is 20.3 Å². The van der Waals surface area contributed by atoms with Crippen molar-refractivity contribution in [2.75, 3.05) is 6.61 Å². The number of carbonyl (C=O) groups excluding carboxylic acids is 1. The van der Waals surface area contributed by atoms with Gasteiger partial charge in [-0.3, -0.25) is 9.00 Å². The van der Waals surface area contributed by atoms with Crippen LogP contribution in [0.2, 0.25) is 5.02 Å². The molecule has 0 heterocycles. The summed E-state index contributed by atoms with van der Waals surface area (Å²) in [5.74, 6) is -0.437. The van der Waals surface area contributed by atoms with Crippen LogP contribution in [0.3, 0.4) is 0 Å². The minimum atomic E-state index is -1.47. The van der Waals surface area contributed by atoms with Gasteiger partial charge in [0.05, 0.1) is 27.3 Å². The van der Waals surface area contributed by atoms with Crippen molar-refractivity contribution in [1.82, 2.24) is 0 Å². The van der Waals surface area contributed by atoms with Crippen LogP contribution in [0.5, 0.6) is 0 Å². The number of carbonyl (C=O) groups is 1. The Hall–Kier alpha value is -0.870. The van der Waals surface area contributed by atoms with Gasteiger partial charge >= 0.3 is 5.97 Å². The summed E-state index contributed by atoms with van der Waals surface area (Å²) in [6, 6.07) is 6.83. The van der Waals surface area contributed by atoms with E-state index < -0.39 is 22.0 Å². The molecule has 0 amide bonds. The van der Waals surface area contributed by atoms with Crippen molar-refractivity contribution in [2.24, 2.45) is 0 Å². The van der Waals surface area contributed by atoms with Crippen molar-refractivity contribution >= 4 is 28.4 Å². The molecule has 2 unspecified atom stereocenters. The molecule has 0 bridgehead atoms. The van der Waals surface area contributed by atoms with Gasteiger partial charge in [0.25, 0.3) is 0 Å². The summed E-state index contributed by atoms with van der Waals surface area (Å²) in [5.41, 5.74) is 0. The van der Waals surface area contributed by atoms with E-state index in [0.717, 1.165) is 0 Å². The number of esters is 1. The Morgan fingerprint density at radius 3 is 2.59 bits per heavy atom. The molecule has 5 heteroatoms. The molecule has 94 valence electrons. The molecular formula is C12H15ClO3S. The van der Waals surface area contributed by atoms with E-state index in [2.05, 4.69) is 0 Å². The predicted molar refractivity (Wildman–Crippen MR) is 68.6 cm³/mol. The molecule has 0 aliphatic carbocycles. The molecule has 2 atom stereocenters. The molecule has 0 radical (unpaired) electrons. The lowest BCUT2D eigenvalue weighted by Crippen LogP contribution is -2.27. The lowest BCUT2D eigenvalue weighted by Gasteiger charge is -2.13. The van der Waals surface area contributed by atoms with E-state index in [-0.39, 0.29) is 6.61 Å². The van der Waals surface area contributed by atoms with Crippen molar-refractivity contribution in [1.29, 1.82) is 0 Å². The van der Waals surface area contributed by atoms with Gasteiger partial charge in [-0.15, -0.1) is 0 Å². The Kier molecular flexibility index (Phi) is 5.65. The summed E-state index contributed by atoms with van der Waals surface area (Å²) in [4.78, 5) is 12.1. The van der Waals surface area contributed by atoms with Crippen molar-refractivity contribution in [2.45, 2.75) is 30.4 Å². The third kappa shape index (κ3) is 3.54. The van der Waals surface area contributed by atoms with Crippen LogP contribution in [0.1, 0.15) is 20.3 Å². The number of ether oxygens (including phenoxy) is 1. The largest absolute Gasteiger partial charge is 0.465 e. The molecule has 17 heavy (non-hydrogen) atoms. The maximum Gasteiger partial charge on any atom is 0.322 e. The summed E-state index contributed by atoms with van der Waals surface area (Å²) in [6.07, 6.45) is 0.455. The Balaban J connectivity index is 2.94. The first kappa shape index (κ1) is 14.2. The average Bonchev–Trinajstić information content (AvgIpc) is 2.30. The third-order valence-electron chi connectivity index (χ3n) is 2.23. The lowest BCUT2D eigenvalue weighted by molar-refractivity contribution is -0.142. The second-order valence-electron chi connectivity index (χ2n) is 3.38. The number of benzene rings is 1. The number of rotatable bonds is 5. The minimum Gasteiger partial charge on any atom is -0.465 e. The van der Waals surface area contributed by atoms with Gasteiger partial charge in [0.1, 0.15) is 5.25 Å². The molecule has 0 saturated carbocycles. The SMILES string of the molecule is CCOC(=O)C(CC)S(=O)c1ccccc1Cl. The quantitative estimate of drug-likeness (QED) is 0.776. The first-order valence-corrected chi connectivity index (χ1v) is 7.02. The average molecular weight is 275 g/mol. The summed E-state index contributed by atoms with van der Waals surface area (Å²) in [6.45, 7) is 3.81. The van der Waals surface area contributed by atoms with Crippen LogP contribution in [0.15, 0.2) is 29.2 Å². The van der Waals surface area contributed by atoms with Crippen LogP contribution >= 0.6 is 11.6 Å². The molecule has 3 nitrogen and oxygen atoms in total. The number of hydrogen-bond donors (Lipinski definition) is 0. The monoisotopic (exact) mass is 274 g/mol. The van der Waals surface area contributed by atoms with Gasteiger partial charge in [-0.1, -0.05) is 30.7 Å². The highest BCUT2D eigenvalue weighted by atomic mass is 35.5. The summed E-state index contributed by atoms with van der Waals surface area (Å²) in [5, 5.41) is -0.247. The zero-order valence-corrected chi connectivity index (χ0v) is 11.4. The van der Waals surface area contributed by atoms with Gasteiger partial charge in [-0.2, -0.15) is 0 Å². The van der Waals surface area contributed by atoms with Crippen molar-refractivity contribution < 1.29 is 13.7 Å². The maximum atomic E-state index is 12.2. The third-order valence-corrected chi connectivity index (χ3v) is 4.51. The summed E-state index contributed by atoms with van der Waals surface area (Å²) in [7, 11) is -1.47. The Morgan fingerprint density at radius 2 is 2.06 bits per heavy atom. The number of halogens is 1. The molecule has 0 fully saturated rings.